The number of hydrogen-bond donors (Lipinski definition) is 1. The van der Waals surface area contributed by atoms with Crippen molar-refractivity contribution >= 4 is 43.5 Å². The predicted molar refractivity (Wildman–Crippen MR) is 130 cm³/mol. The number of amides is 1. The van der Waals surface area contributed by atoms with Crippen LogP contribution in [0.5, 0.6) is 0 Å². The van der Waals surface area contributed by atoms with Gasteiger partial charge in [0.15, 0.2) is 0 Å². The van der Waals surface area contributed by atoms with E-state index in [1.807, 2.05) is 32.0 Å². The Morgan fingerprint density at radius 3 is 2.66 bits per heavy atom. The van der Waals surface area contributed by atoms with Gasteiger partial charge in [0.05, 0.1) is 16.3 Å². The van der Waals surface area contributed by atoms with Gasteiger partial charge in [-0.1, -0.05) is 30.3 Å². The molecule has 1 fully saturated rings. The lowest BCUT2D eigenvalue weighted by Crippen LogP contribution is -2.41. The first-order valence-electron chi connectivity index (χ1n) is 11.1. The number of benzene rings is 1. The first-order chi connectivity index (χ1) is 15.5. The Labute approximate surface area is 191 Å². The zero-order chi connectivity index (χ0) is 22.2. The largest absolute Gasteiger partial charge is 0.355 e. The molecular formula is C25H27N5OS. The van der Waals surface area contributed by atoms with Crippen molar-refractivity contribution in [1.29, 1.82) is 0 Å². The fourth-order valence-corrected chi connectivity index (χ4v) is 5.90. The molecule has 1 N–H and O–H groups in total. The van der Waals surface area contributed by atoms with Crippen LogP contribution in [0.4, 0.5) is 5.82 Å². The highest BCUT2D eigenvalue weighted by Gasteiger charge is 2.28. The van der Waals surface area contributed by atoms with E-state index < -0.39 is 0 Å². The maximum Gasteiger partial charge on any atom is 0.223 e. The zero-order valence-corrected chi connectivity index (χ0v) is 19.4. The van der Waals surface area contributed by atoms with Crippen molar-refractivity contribution in [2.75, 3.05) is 18.0 Å². The second-order valence-electron chi connectivity index (χ2n) is 8.64. The van der Waals surface area contributed by atoms with Gasteiger partial charge < -0.3 is 10.2 Å². The molecule has 4 heterocycles. The molecule has 7 heteroatoms. The van der Waals surface area contributed by atoms with E-state index in [1.165, 1.54) is 5.56 Å². The standard InChI is InChI=1S/C25H27N5OS/c1-15-13-16(2)28-25-20(15)21-22(32-25)23(27-14-26-21)30-11-9-19(10-12-30)24(31)29-17(3)18-7-5-4-6-8-18/h4-8,13-14,17,19H,9-12H2,1-3H3,(H,29,31)/t17-/m0/s1. The Bertz CT molecular complexity index is 1280. The fraction of sp³-hybridized carbons (Fsp3) is 0.360. The number of aryl methyl sites for hydroxylation is 2. The molecule has 1 amide bonds. The summed E-state index contributed by atoms with van der Waals surface area (Å²) in [7, 11) is 0. The molecule has 1 aromatic carbocycles. The van der Waals surface area contributed by atoms with Crippen molar-refractivity contribution in [3.63, 3.8) is 0 Å². The lowest BCUT2D eigenvalue weighted by atomic mass is 9.95. The number of nitrogens with one attached hydrogen (secondary N) is 1. The van der Waals surface area contributed by atoms with E-state index in [1.54, 1.807) is 17.7 Å². The third-order valence-electron chi connectivity index (χ3n) is 6.36. The minimum atomic E-state index is 0.0148. The monoisotopic (exact) mass is 445 g/mol. The number of fused-ring (bicyclic) bond motifs is 3. The summed E-state index contributed by atoms with van der Waals surface area (Å²) in [5.41, 5.74) is 4.33. The summed E-state index contributed by atoms with van der Waals surface area (Å²) in [6.45, 7) is 7.80. The van der Waals surface area contributed by atoms with E-state index >= 15 is 0 Å². The molecule has 6 nitrogen and oxygen atoms in total. The second kappa shape index (κ2) is 8.47. The summed E-state index contributed by atoms with van der Waals surface area (Å²) >= 11 is 1.67. The molecule has 1 atom stereocenters. The minimum Gasteiger partial charge on any atom is -0.355 e. The molecular weight excluding hydrogens is 418 g/mol. The first-order valence-corrected chi connectivity index (χ1v) is 11.9. The van der Waals surface area contributed by atoms with Gasteiger partial charge in [-0.25, -0.2) is 15.0 Å². The first kappa shape index (κ1) is 20.8. The molecule has 0 spiro atoms. The summed E-state index contributed by atoms with van der Waals surface area (Å²) in [6.07, 6.45) is 3.30. The highest BCUT2D eigenvalue weighted by molar-refractivity contribution is 7.26. The summed E-state index contributed by atoms with van der Waals surface area (Å²) in [5, 5.41) is 4.32. The number of anilines is 1. The molecule has 0 unspecified atom stereocenters. The van der Waals surface area contributed by atoms with Crippen molar-refractivity contribution in [2.24, 2.45) is 5.92 Å². The molecule has 5 rings (SSSR count). The molecule has 3 aromatic heterocycles. The predicted octanol–water partition coefficient (Wildman–Crippen LogP) is 4.95. The molecule has 0 aliphatic carbocycles. The minimum absolute atomic E-state index is 0.0148. The van der Waals surface area contributed by atoms with Crippen LogP contribution < -0.4 is 10.2 Å². The van der Waals surface area contributed by atoms with Gasteiger partial charge in [0, 0.05) is 30.1 Å². The Balaban J connectivity index is 1.32. The van der Waals surface area contributed by atoms with Crippen molar-refractivity contribution in [1.82, 2.24) is 20.3 Å². The van der Waals surface area contributed by atoms with Crippen molar-refractivity contribution in [3.05, 3.63) is 59.5 Å². The lowest BCUT2D eigenvalue weighted by molar-refractivity contribution is -0.126. The number of thiophene rings is 1. The van der Waals surface area contributed by atoms with Gasteiger partial charge in [-0.15, -0.1) is 11.3 Å². The van der Waals surface area contributed by atoms with E-state index in [0.29, 0.717) is 0 Å². The number of hydrogen-bond acceptors (Lipinski definition) is 6. The highest BCUT2D eigenvalue weighted by atomic mass is 32.1. The maximum atomic E-state index is 12.9. The van der Waals surface area contributed by atoms with E-state index in [2.05, 4.69) is 45.3 Å². The average Bonchev–Trinajstić information content (AvgIpc) is 3.18. The quantitative estimate of drug-likeness (QED) is 0.481. The van der Waals surface area contributed by atoms with Crippen LogP contribution in [0.25, 0.3) is 20.4 Å². The van der Waals surface area contributed by atoms with Gasteiger partial charge in [0.1, 0.15) is 17.0 Å². The maximum absolute atomic E-state index is 12.9. The molecule has 0 saturated carbocycles. The molecule has 164 valence electrons. The van der Waals surface area contributed by atoms with E-state index in [9.17, 15) is 4.79 Å². The number of nitrogens with zero attached hydrogens (tertiary/aromatic N) is 4. The van der Waals surface area contributed by atoms with Gasteiger partial charge >= 0.3 is 0 Å². The fourth-order valence-electron chi connectivity index (χ4n) is 4.63. The summed E-state index contributed by atoms with van der Waals surface area (Å²) < 4.78 is 1.09. The van der Waals surface area contributed by atoms with Gasteiger partial charge in [0.25, 0.3) is 0 Å². The SMILES string of the molecule is Cc1cc(C)c2c(n1)sc1c(N3CCC(C(=O)N[C@@H](C)c4ccccc4)CC3)ncnc12. The van der Waals surface area contributed by atoms with Gasteiger partial charge in [0.2, 0.25) is 5.91 Å². The van der Waals surface area contributed by atoms with Crippen molar-refractivity contribution < 1.29 is 4.79 Å². The lowest BCUT2D eigenvalue weighted by Gasteiger charge is -2.32. The smallest absolute Gasteiger partial charge is 0.223 e. The van der Waals surface area contributed by atoms with Gasteiger partial charge in [-0.05, 0) is 50.8 Å². The van der Waals surface area contributed by atoms with Crippen LogP contribution in [0.15, 0.2) is 42.7 Å². The van der Waals surface area contributed by atoms with Crippen LogP contribution in [-0.4, -0.2) is 33.9 Å². The molecule has 0 bridgehead atoms. The van der Waals surface area contributed by atoms with E-state index in [0.717, 1.165) is 63.4 Å². The van der Waals surface area contributed by atoms with E-state index in [4.69, 9.17) is 4.98 Å². The second-order valence-corrected chi connectivity index (χ2v) is 9.64. The summed E-state index contributed by atoms with van der Waals surface area (Å²) in [5.74, 6) is 1.14. The molecule has 32 heavy (non-hydrogen) atoms. The molecule has 0 radical (unpaired) electrons. The number of aromatic nitrogens is 3. The van der Waals surface area contributed by atoms with Crippen LogP contribution in [0, 0.1) is 19.8 Å². The number of pyridine rings is 1. The molecule has 1 aliphatic rings. The average molecular weight is 446 g/mol. The van der Waals surface area contributed by atoms with Gasteiger partial charge in [-0.2, -0.15) is 0 Å². The van der Waals surface area contributed by atoms with Crippen LogP contribution >= 0.6 is 11.3 Å². The van der Waals surface area contributed by atoms with Crippen LogP contribution in [0.2, 0.25) is 0 Å². The number of rotatable bonds is 4. The summed E-state index contributed by atoms with van der Waals surface area (Å²) in [4.78, 5) is 30.1. The number of carbonyl (C=O) groups is 1. The van der Waals surface area contributed by atoms with E-state index in [-0.39, 0.29) is 17.9 Å². The Morgan fingerprint density at radius 1 is 1.16 bits per heavy atom. The Kier molecular flexibility index (Phi) is 5.51. The third kappa shape index (κ3) is 3.81. The third-order valence-corrected chi connectivity index (χ3v) is 7.42. The normalized spacial score (nSPS) is 15.9. The number of carbonyl (C=O) groups excluding carboxylic acids is 1. The van der Waals surface area contributed by atoms with Crippen molar-refractivity contribution in [3.8, 4) is 0 Å². The highest BCUT2D eigenvalue weighted by Crippen LogP contribution is 2.38. The number of piperidine rings is 1. The molecule has 1 aliphatic heterocycles. The van der Waals surface area contributed by atoms with Gasteiger partial charge in [-0.3, -0.25) is 4.79 Å². The zero-order valence-electron chi connectivity index (χ0n) is 18.6. The van der Waals surface area contributed by atoms with Crippen LogP contribution in [-0.2, 0) is 4.79 Å². The van der Waals surface area contributed by atoms with Crippen LogP contribution in [0.1, 0.15) is 42.6 Å². The topological polar surface area (TPSA) is 71.0 Å². The Hall–Kier alpha value is -3.06. The summed E-state index contributed by atoms with van der Waals surface area (Å²) in [6, 6.07) is 12.2. The van der Waals surface area contributed by atoms with Crippen LogP contribution in [0.3, 0.4) is 0 Å². The molecule has 4 aromatic rings. The molecule has 1 saturated heterocycles. The Morgan fingerprint density at radius 2 is 1.91 bits per heavy atom. The van der Waals surface area contributed by atoms with Crippen molar-refractivity contribution in [2.45, 2.75) is 39.7 Å².